The Morgan fingerprint density at radius 3 is 2.82 bits per heavy atom. The van der Waals surface area contributed by atoms with Crippen LogP contribution in [0.4, 0.5) is 0 Å². The summed E-state index contributed by atoms with van der Waals surface area (Å²) in [5.41, 5.74) is 1.28. The van der Waals surface area contributed by atoms with E-state index in [0.29, 0.717) is 23.9 Å². The molecule has 3 heteroatoms. The molecule has 1 aliphatic rings. The normalized spacial score (nSPS) is 23.7. The monoisotopic (exact) mass is 247 g/mol. The van der Waals surface area contributed by atoms with Gasteiger partial charge in [0.25, 0.3) is 0 Å². The second-order valence-electron chi connectivity index (χ2n) is 4.14. The van der Waals surface area contributed by atoms with Gasteiger partial charge in [-0.3, -0.25) is 9.79 Å². The van der Waals surface area contributed by atoms with E-state index < -0.39 is 0 Å². The van der Waals surface area contributed by atoms with Gasteiger partial charge < -0.3 is 0 Å². The summed E-state index contributed by atoms with van der Waals surface area (Å²) < 4.78 is 0. The largest absolute Gasteiger partial charge is 0.299 e. The van der Waals surface area contributed by atoms with Crippen LogP contribution in [0, 0.1) is 0 Å². The van der Waals surface area contributed by atoms with E-state index >= 15 is 0 Å². The Morgan fingerprint density at radius 1 is 1.35 bits per heavy atom. The van der Waals surface area contributed by atoms with Crippen molar-refractivity contribution in [3.05, 3.63) is 35.9 Å². The SMILES string of the molecule is CCN=C1SCC(=O)CCC1c1ccccc1. The molecule has 17 heavy (non-hydrogen) atoms. The van der Waals surface area contributed by atoms with Crippen LogP contribution < -0.4 is 0 Å². The van der Waals surface area contributed by atoms with Gasteiger partial charge in [0.2, 0.25) is 0 Å². The van der Waals surface area contributed by atoms with Crippen LogP contribution in [0.25, 0.3) is 0 Å². The molecule has 0 amide bonds. The molecule has 90 valence electrons. The summed E-state index contributed by atoms with van der Waals surface area (Å²) in [7, 11) is 0. The van der Waals surface area contributed by atoms with Crippen LogP contribution in [0.1, 0.15) is 31.2 Å². The molecule has 2 rings (SSSR count). The maximum Gasteiger partial charge on any atom is 0.143 e. The van der Waals surface area contributed by atoms with Gasteiger partial charge in [-0.05, 0) is 18.9 Å². The lowest BCUT2D eigenvalue weighted by Gasteiger charge is -2.16. The lowest BCUT2D eigenvalue weighted by atomic mass is 9.94. The van der Waals surface area contributed by atoms with Crippen LogP contribution in [0.5, 0.6) is 0 Å². The Hall–Kier alpha value is -1.09. The molecule has 1 aromatic rings. The van der Waals surface area contributed by atoms with E-state index in [1.165, 1.54) is 5.56 Å². The number of carbonyl (C=O) groups excluding carboxylic acids is 1. The number of benzene rings is 1. The van der Waals surface area contributed by atoms with E-state index in [1.807, 2.05) is 13.0 Å². The van der Waals surface area contributed by atoms with Crippen LogP contribution in [-0.4, -0.2) is 23.1 Å². The minimum absolute atomic E-state index is 0.313. The third-order valence-corrected chi connectivity index (χ3v) is 4.08. The standard InChI is InChI=1S/C14H17NOS/c1-2-15-14-13(9-8-12(16)10-17-14)11-6-4-3-5-7-11/h3-7,13H,2,8-10H2,1H3. The van der Waals surface area contributed by atoms with Crippen LogP contribution in [0.15, 0.2) is 35.3 Å². The van der Waals surface area contributed by atoms with Crippen molar-refractivity contribution in [3.8, 4) is 0 Å². The van der Waals surface area contributed by atoms with Crippen molar-refractivity contribution in [2.75, 3.05) is 12.3 Å². The lowest BCUT2D eigenvalue weighted by Crippen LogP contribution is -2.08. The summed E-state index contributed by atoms with van der Waals surface area (Å²) in [6, 6.07) is 10.4. The zero-order chi connectivity index (χ0) is 12.1. The molecule has 0 aromatic heterocycles. The van der Waals surface area contributed by atoms with Crippen molar-refractivity contribution in [1.29, 1.82) is 0 Å². The minimum atomic E-state index is 0.313. The second kappa shape index (κ2) is 6.01. The van der Waals surface area contributed by atoms with E-state index in [-0.39, 0.29) is 0 Å². The first kappa shape index (κ1) is 12.4. The molecule has 2 nitrogen and oxygen atoms in total. The highest BCUT2D eigenvalue weighted by molar-refractivity contribution is 8.14. The van der Waals surface area contributed by atoms with E-state index in [9.17, 15) is 4.79 Å². The van der Waals surface area contributed by atoms with Gasteiger partial charge in [-0.1, -0.05) is 30.3 Å². The highest BCUT2D eigenvalue weighted by atomic mass is 32.2. The molecule has 0 bridgehead atoms. The van der Waals surface area contributed by atoms with Gasteiger partial charge in [-0.15, -0.1) is 11.8 Å². The molecule has 0 saturated carbocycles. The van der Waals surface area contributed by atoms with Crippen LogP contribution in [0.2, 0.25) is 0 Å². The molecule has 1 unspecified atom stereocenters. The summed E-state index contributed by atoms with van der Waals surface area (Å²) in [6.07, 6.45) is 1.57. The summed E-state index contributed by atoms with van der Waals surface area (Å²) >= 11 is 1.62. The van der Waals surface area contributed by atoms with Crippen molar-refractivity contribution in [1.82, 2.24) is 0 Å². The van der Waals surface area contributed by atoms with Crippen molar-refractivity contribution in [2.24, 2.45) is 4.99 Å². The zero-order valence-corrected chi connectivity index (χ0v) is 10.9. The highest BCUT2D eigenvalue weighted by Gasteiger charge is 2.24. The third-order valence-electron chi connectivity index (χ3n) is 2.91. The molecule has 0 N–H and O–H groups in total. The number of nitrogens with zero attached hydrogens (tertiary/aromatic N) is 1. The first-order valence-electron chi connectivity index (χ1n) is 6.05. The van der Waals surface area contributed by atoms with Crippen molar-refractivity contribution in [2.45, 2.75) is 25.7 Å². The van der Waals surface area contributed by atoms with Crippen LogP contribution in [0.3, 0.4) is 0 Å². The molecule has 1 aromatic carbocycles. The van der Waals surface area contributed by atoms with Gasteiger partial charge in [0.15, 0.2) is 0 Å². The maximum absolute atomic E-state index is 11.5. The number of hydrogen-bond acceptors (Lipinski definition) is 3. The minimum Gasteiger partial charge on any atom is -0.299 e. The second-order valence-corrected chi connectivity index (χ2v) is 5.14. The van der Waals surface area contributed by atoms with E-state index in [2.05, 4.69) is 29.3 Å². The zero-order valence-electron chi connectivity index (χ0n) is 10.1. The van der Waals surface area contributed by atoms with Crippen molar-refractivity contribution < 1.29 is 4.79 Å². The molecule has 0 aliphatic carbocycles. The summed E-state index contributed by atoms with van der Waals surface area (Å²) in [6.45, 7) is 2.84. The van der Waals surface area contributed by atoms with Gasteiger partial charge in [-0.2, -0.15) is 0 Å². The van der Waals surface area contributed by atoms with Crippen LogP contribution in [-0.2, 0) is 4.79 Å². The number of Topliss-reactive ketones (excluding diaryl/α,β-unsaturated/α-hetero) is 1. The summed E-state index contributed by atoms with van der Waals surface area (Å²) in [5, 5.41) is 1.13. The van der Waals surface area contributed by atoms with E-state index in [4.69, 9.17) is 0 Å². The molecule has 1 saturated heterocycles. The van der Waals surface area contributed by atoms with E-state index in [0.717, 1.165) is 18.0 Å². The Morgan fingerprint density at radius 2 is 2.12 bits per heavy atom. The molecule has 1 aliphatic heterocycles. The topological polar surface area (TPSA) is 29.4 Å². The summed E-state index contributed by atoms with van der Waals surface area (Å²) in [5.74, 6) is 1.24. The fraction of sp³-hybridized carbons (Fsp3) is 0.429. The van der Waals surface area contributed by atoms with Crippen LogP contribution >= 0.6 is 11.8 Å². The molecule has 1 atom stereocenters. The fourth-order valence-electron chi connectivity index (χ4n) is 2.06. The number of carbonyl (C=O) groups is 1. The van der Waals surface area contributed by atoms with Gasteiger partial charge in [-0.25, -0.2) is 0 Å². The molecular weight excluding hydrogens is 230 g/mol. The quantitative estimate of drug-likeness (QED) is 0.802. The van der Waals surface area contributed by atoms with Gasteiger partial charge in [0, 0.05) is 18.9 Å². The number of rotatable bonds is 2. The van der Waals surface area contributed by atoms with Gasteiger partial charge >= 0.3 is 0 Å². The molecular formula is C14H17NOS. The lowest BCUT2D eigenvalue weighted by molar-refractivity contribution is -0.116. The Kier molecular flexibility index (Phi) is 4.37. The molecule has 0 spiro atoms. The average Bonchev–Trinajstić information content (AvgIpc) is 2.54. The smallest absolute Gasteiger partial charge is 0.143 e. The third kappa shape index (κ3) is 3.19. The number of hydrogen-bond donors (Lipinski definition) is 0. The predicted octanol–water partition coefficient (Wildman–Crippen LogP) is 3.28. The Bertz CT molecular complexity index is 413. The molecule has 1 heterocycles. The Balaban J connectivity index is 2.27. The Labute approximate surface area is 107 Å². The first-order chi connectivity index (χ1) is 8.31. The average molecular weight is 247 g/mol. The highest BCUT2D eigenvalue weighted by Crippen LogP contribution is 2.31. The molecule has 1 fully saturated rings. The van der Waals surface area contributed by atoms with E-state index in [1.54, 1.807) is 11.8 Å². The van der Waals surface area contributed by atoms with Gasteiger partial charge in [0.05, 0.1) is 10.8 Å². The number of aliphatic imine (C=N–C) groups is 1. The van der Waals surface area contributed by atoms with Crippen molar-refractivity contribution in [3.63, 3.8) is 0 Å². The summed E-state index contributed by atoms with van der Waals surface area (Å²) in [4.78, 5) is 16.1. The number of thioether (sulfide) groups is 1. The first-order valence-corrected chi connectivity index (χ1v) is 7.03. The number of ketones is 1. The maximum atomic E-state index is 11.5. The van der Waals surface area contributed by atoms with Crippen molar-refractivity contribution >= 4 is 22.6 Å². The van der Waals surface area contributed by atoms with Gasteiger partial charge in [0.1, 0.15) is 5.78 Å². The predicted molar refractivity (Wildman–Crippen MR) is 73.9 cm³/mol. The molecule has 0 radical (unpaired) electrons. The fourth-order valence-corrected chi connectivity index (χ4v) is 3.19.